The second-order valence-electron chi connectivity index (χ2n) is 6.52. The van der Waals surface area contributed by atoms with Crippen LogP contribution in [0.3, 0.4) is 0 Å². The highest BCUT2D eigenvalue weighted by Gasteiger charge is 2.36. The first-order valence-corrected chi connectivity index (χ1v) is 8.70. The number of nitrogens with zero attached hydrogens (tertiary/aromatic N) is 1. The van der Waals surface area contributed by atoms with Crippen LogP contribution in [0.15, 0.2) is 29.3 Å². The molecule has 0 radical (unpaired) electrons. The minimum absolute atomic E-state index is 0.523. The van der Waals surface area contributed by atoms with Gasteiger partial charge >= 0.3 is 0 Å². The lowest BCUT2D eigenvalue weighted by atomic mass is 9.89. The summed E-state index contributed by atoms with van der Waals surface area (Å²) in [4.78, 5) is 4.80. The highest BCUT2D eigenvalue weighted by Crippen LogP contribution is 2.43. The van der Waals surface area contributed by atoms with E-state index >= 15 is 0 Å². The van der Waals surface area contributed by atoms with Crippen LogP contribution in [0.2, 0.25) is 0 Å². The summed E-state index contributed by atoms with van der Waals surface area (Å²) in [5.41, 5.74) is 3.07. The number of benzene rings is 1. The van der Waals surface area contributed by atoms with Crippen LogP contribution < -0.4 is 5.32 Å². The van der Waals surface area contributed by atoms with E-state index in [1.54, 1.807) is 0 Å². The number of aliphatic imine (C=N–C) groups is 1. The SMILES string of the molecule is CC(C)c1cccc(NC2=NCC3(CCCC3)CS2)c1. The molecule has 2 nitrogen and oxygen atoms in total. The standard InChI is InChI=1S/C17H24N2S/c1-13(2)14-6-5-7-15(10-14)19-16-18-11-17(12-20-16)8-3-4-9-17/h5-7,10,13H,3-4,8-9,11-12H2,1-2H3,(H,18,19). The maximum atomic E-state index is 4.80. The maximum absolute atomic E-state index is 4.80. The molecule has 0 bridgehead atoms. The van der Waals surface area contributed by atoms with Gasteiger partial charge < -0.3 is 5.32 Å². The van der Waals surface area contributed by atoms with Crippen molar-refractivity contribution < 1.29 is 0 Å². The van der Waals surface area contributed by atoms with Gasteiger partial charge in [-0.2, -0.15) is 0 Å². The van der Waals surface area contributed by atoms with Gasteiger partial charge in [-0.25, -0.2) is 0 Å². The topological polar surface area (TPSA) is 24.4 Å². The molecular formula is C17H24N2S. The lowest BCUT2D eigenvalue weighted by Gasteiger charge is -2.31. The smallest absolute Gasteiger partial charge is 0.161 e. The molecule has 108 valence electrons. The normalized spacial score (nSPS) is 21.2. The third-order valence-electron chi connectivity index (χ3n) is 4.54. The van der Waals surface area contributed by atoms with Gasteiger partial charge in [0.05, 0.1) is 0 Å². The van der Waals surface area contributed by atoms with E-state index in [9.17, 15) is 0 Å². The lowest BCUT2D eigenvalue weighted by molar-refractivity contribution is 0.359. The Morgan fingerprint density at radius 2 is 2.05 bits per heavy atom. The summed E-state index contributed by atoms with van der Waals surface area (Å²) in [7, 11) is 0. The van der Waals surface area contributed by atoms with E-state index in [2.05, 4.69) is 43.4 Å². The molecule has 3 heteroatoms. The molecule has 0 amide bonds. The van der Waals surface area contributed by atoms with Gasteiger partial charge in [0.15, 0.2) is 5.17 Å². The number of nitrogens with one attached hydrogen (secondary N) is 1. The molecule has 1 N–H and O–H groups in total. The van der Waals surface area contributed by atoms with E-state index in [-0.39, 0.29) is 0 Å². The molecule has 0 aromatic heterocycles. The largest absolute Gasteiger partial charge is 0.335 e. The van der Waals surface area contributed by atoms with Crippen molar-refractivity contribution in [1.82, 2.24) is 0 Å². The zero-order valence-corrected chi connectivity index (χ0v) is 13.3. The number of hydrogen-bond donors (Lipinski definition) is 1. The lowest BCUT2D eigenvalue weighted by Crippen LogP contribution is -2.30. The third kappa shape index (κ3) is 3.03. The van der Waals surface area contributed by atoms with E-state index in [0.29, 0.717) is 11.3 Å². The molecular weight excluding hydrogens is 264 g/mol. The monoisotopic (exact) mass is 288 g/mol. The number of amidine groups is 1. The Morgan fingerprint density at radius 1 is 1.25 bits per heavy atom. The number of anilines is 1. The van der Waals surface area contributed by atoms with Crippen LogP contribution in [0.4, 0.5) is 5.69 Å². The fourth-order valence-electron chi connectivity index (χ4n) is 3.15. The van der Waals surface area contributed by atoms with E-state index in [4.69, 9.17) is 4.99 Å². The Hall–Kier alpha value is -0.960. The van der Waals surface area contributed by atoms with Crippen molar-refractivity contribution in [3.05, 3.63) is 29.8 Å². The molecule has 1 aliphatic carbocycles. The summed E-state index contributed by atoms with van der Waals surface area (Å²) in [6.45, 7) is 5.48. The minimum Gasteiger partial charge on any atom is -0.335 e. The predicted molar refractivity (Wildman–Crippen MR) is 89.8 cm³/mol. The van der Waals surface area contributed by atoms with Gasteiger partial charge in [0.1, 0.15) is 0 Å². The zero-order chi connectivity index (χ0) is 14.0. The van der Waals surface area contributed by atoms with Crippen LogP contribution in [0.5, 0.6) is 0 Å². The molecule has 20 heavy (non-hydrogen) atoms. The van der Waals surface area contributed by atoms with Gasteiger partial charge in [0, 0.05) is 18.0 Å². The first kappa shape index (κ1) is 14.0. The van der Waals surface area contributed by atoms with Gasteiger partial charge in [0.2, 0.25) is 0 Å². The second-order valence-corrected chi connectivity index (χ2v) is 7.49. The molecule has 1 aromatic carbocycles. The van der Waals surface area contributed by atoms with Crippen LogP contribution in [0, 0.1) is 5.41 Å². The molecule has 1 aromatic rings. The van der Waals surface area contributed by atoms with Crippen molar-refractivity contribution in [2.45, 2.75) is 45.4 Å². The summed E-state index contributed by atoms with van der Waals surface area (Å²) in [6, 6.07) is 8.70. The Labute approximate surface area is 126 Å². The van der Waals surface area contributed by atoms with Crippen molar-refractivity contribution in [2.24, 2.45) is 10.4 Å². The molecule has 2 aliphatic rings. The van der Waals surface area contributed by atoms with Crippen molar-refractivity contribution >= 4 is 22.6 Å². The average Bonchev–Trinajstić information content (AvgIpc) is 2.90. The van der Waals surface area contributed by atoms with E-state index in [0.717, 1.165) is 11.7 Å². The quantitative estimate of drug-likeness (QED) is 0.838. The summed E-state index contributed by atoms with van der Waals surface area (Å²) in [5.74, 6) is 1.81. The van der Waals surface area contributed by atoms with Gasteiger partial charge in [-0.15, -0.1) is 0 Å². The van der Waals surface area contributed by atoms with Crippen molar-refractivity contribution in [2.75, 3.05) is 17.6 Å². The number of thioether (sulfide) groups is 1. The fraction of sp³-hybridized carbons (Fsp3) is 0.588. The van der Waals surface area contributed by atoms with Crippen LogP contribution in [-0.4, -0.2) is 17.5 Å². The number of hydrogen-bond acceptors (Lipinski definition) is 3. The first-order valence-electron chi connectivity index (χ1n) is 7.71. The number of rotatable bonds is 2. The summed E-state index contributed by atoms with van der Waals surface area (Å²) in [6.07, 6.45) is 5.55. The van der Waals surface area contributed by atoms with E-state index in [1.807, 2.05) is 11.8 Å². The summed E-state index contributed by atoms with van der Waals surface area (Å²) < 4.78 is 0. The second kappa shape index (κ2) is 5.80. The van der Waals surface area contributed by atoms with Gasteiger partial charge in [-0.1, -0.05) is 50.6 Å². The molecule has 3 rings (SSSR count). The van der Waals surface area contributed by atoms with Gasteiger partial charge in [-0.05, 0) is 41.9 Å². The fourth-order valence-corrected chi connectivity index (χ4v) is 4.32. The molecule has 1 fully saturated rings. The zero-order valence-electron chi connectivity index (χ0n) is 12.5. The third-order valence-corrected chi connectivity index (χ3v) is 5.80. The molecule has 1 aliphatic heterocycles. The van der Waals surface area contributed by atoms with E-state index in [1.165, 1.54) is 42.7 Å². The summed E-state index contributed by atoms with van der Waals surface area (Å²) in [5, 5.41) is 4.60. The Kier molecular flexibility index (Phi) is 4.06. The van der Waals surface area contributed by atoms with Crippen LogP contribution >= 0.6 is 11.8 Å². The summed E-state index contributed by atoms with van der Waals surface area (Å²) >= 11 is 1.91. The molecule has 1 spiro atoms. The van der Waals surface area contributed by atoms with Crippen LogP contribution in [0.1, 0.15) is 51.0 Å². The predicted octanol–water partition coefficient (Wildman–Crippen LogP) is 4.89. The highest BCUT2D eigenvalue weighted by molar-refractivity contribution is 8.14. The molecule has 0 unspecified atom stereocenters. The molecule has 0 atom stereocenters. The van der Waals surface area contributed by atoms with Crippen molar-refractivity contribution in [3.63, 3.8) is 0 Å². The molecule has 0 saturated heterocycles. The highest BCUT2D eigenvalue weighted by atomic mass is 32.2. The van der Waals surface area contributed by atoms with Gasteiger partial charge in [0.25, 0.3) is 0 Å². The van der Waals surface area contributed by atoms with Crippen molar-refractivity contribution in [1.29, 1.82) is 0 Å². The van der Waals surface area contributed by atoms with E-state index < -0.39 is 0 Å². The minimum atomic E-state index is 0.523. The maximum Gasteiger partial charge on any atom is 0.161 e. The first-order chi connectivity index (χ1) is 9.67. The average molecular weight is 288 g/mol. The Morgan fingerprint density at radius 3 is 2.70 bits per heavy atom. The Balaban J connectivity index is 1.66. The van der Waals surface area contributed by atoms with Gasteiger partial charge in [-0.3, -0.25) is 4.99 Å². The Bertz CT molecular complexity index is 501. The van der Waals surface area contributed by atoms with Crippen LogP contribution in [-0.2, 0) is 0 Å². The van der Waals surface area contributed by atoms with Crippen molar-refractivity contribution in [3.8, 4) is 0 Å². The molecule has 1 heterocycles. The molecule has 1 saturated carbocycles. The van der Waals surface area contributed by atoms with Crippen LogP contribution in [0.25, 0.3) is 0 Å².